The molecule has 3 fully saturated rings. The number of piperidine rings is 1. The molecule has 0 spiro atoms. The van der Waals surface area contributed by atoms with Crippen molar-refractivity contribution in [3.63, 3.8) is 0 Å². The first-order valence-corrected chi connectivity index (χ1v) is 16.2. The molecule has 12 nitrogen and oxygen atoms in total. The van der Waals surface area contributed by atoms with Crippen molar-refractivity contribution in [2.75, 3.05) is 24.8 Å². The van der Waals surface area contributed by atoms with Crippen molar-refractivity contribution >= 4 is 69.8 Å². The second-order valence-corrected chi connectivity index (χ2v) is 14.2. The highest BCUT2D eigenvalue weighted by Gasteiger charge is 2.39. The Morgan fingerprint density at radius 2 is 1.76 bits per heavy atom. The Hall–Kier alpha value is -3.91. The molecule has 1 aromatic carbocycles. The Morgan fingerprint density at radius 3 is 2.42 bits per heavy atom. The number of nitrogens with one attached hydrogen (secondary N) is 4. The number of rotatable bonds is 10. The molecule has 2 bridgehead atoms. The predicted octanol–water partition coefficient (Wildman–Crippen LogP) is 0.296. The minimum Gasteiger partial charge on any atom is -0.494 e. The summed E-state index contributed by atoms with van der Waals surface area (Å²) in [5.41, 5.74) is 1.65. The quantitative estimate of drug-likeness (QED) is 0.233. The van der Waals surface area contributed by atoms with Crippen LogP contribution < -0.4 is 26.0 Å². The molecule has 2 aromatic heterocycles. The molecule has 1 aliphatic carbocycles. The molecule has 232 valence electrons. The van der Waals surface area contributed by atoms with Crippen LogP contribution in [0.2, 0.25) is 0 Å². The largest absolute Gasteiger partial charge is 0.494 e. The Balaban J connectivity index is 1.24. The first-order chi connectivity index (χ1) is 21.5. The highest BCUT2D eigenvalue weighted by atomic mass is 32.1. The fourth-order valence-electron chi connectivity index (χ4n) is 6.15. The van der Waals surface area contributed by atoms with Crippen LogP contribution in [-0.2, 0) is 4.79 Å². The zero-order valence-electron chi connectivity index (χ0n) is 26.3. The maximum atomic E-state index is 13.2. The number of thiazole rings is 1. The smallest absolute Gasteiger partial charge is 0.272 e. The van der Waals surface area contributed by atoms with Gasteiger partial charge in [-0.05, 0) is 62.9 Å². The fraction of sp³-hybridized carbons (Fsp3) is 0.448. The molecule has 2 saturated heterocycles. The van der Waals surface area contributed by atoms with Crippen molar-refractivity contribution in [3.05, 3.63) is 41.0 Å². The maximum Gasteiger partial charge on any atom is 0.272 e. The molecule has 3 amide bonds. The van der Waals surface area contributed by atoms with Gasteiger partial charge in [0.2, 0.25) is 5.91 Å². The van der Waals surface area contributed by atoms with Crippen LogP contribution in [0.4, 0.5) is 17.2 Å². The number of anilines is 3. The Labute approximate surface area is 269 Å². The van der Waals surface area contributed by atoms with E-state index in [9.17, 15) is 14.4 Å². The average Bonchev–Trinajstić information content (AvgIpc) is 3.69. The number of carbonyl (C=O) groups excluding carboxylic acids is 3. The topological polar surface area (TPSA) is 150 Å². The fourth-order valence-corrected chi connectivity index (χ4v) is 6.99. The summed E-state index contributed by atoms with van der Waals surface area (Å²) in [6.45, 7) is 0. The predicted molar refractivity (Wildman–Crippen MR) is 182 cm³/mol. The normalized spacial score (nSPS) is 21.2. The summed E-state index contributed by atoms with van der Waals surface area (Å²) in [5.74, 6) is 0.0559. The number of carbonyl (C=O) groups is 3. The van der Waals surface area contributed by atoms with Gasteiger partial charge in [0.15, 0.2) is 17.3 Å². The molecule has 2 aliphatic heterocycles. The van der Waals surface area contributed by atoms with E-state index < -0.39 is 11.1 Å². The third-order valence-corrected chi connectivity index (χ3v) is 9.61. The maximum absolute atomic E-state index is 13.2. The molecule has 16 heteroatoms. The third-order valence-electron chi connectivity index (χ3n) is 8.58. The molecular formula is C29H37B3N8O4S. The molecule has 4 heterocycles. The van der Waals surface area contributed by atoms with Crippen LogP contribution in [0.1, 0.15) is 58.7 Å². The van der Waals surface area contributed by atoms with Gasteiger partial charge in [-0.2, -0.15) is 0 Å². The Kier molecular flexibility index (Phi) is 8.62. The van der Waals surface area contributed by atoms with Crippen LogP contribution in [0.25, 0.3) is 10.6 Å². The van der Waals surface area contributed by atoms with Gasteiger partial charge < -0.3 is 30.9 Å². The summed E-state index contributed by atoms with van der Waals surface area (Å²) in [6, 6.07) is 8.35. The van der Waals surface area contributed by atoms with E-state index in [0.717, 1.165) is 25.7 Å². The van der Waals surface area contributed by atoms with Crippen LogP contribution in [0.15, 0.2) is 30.5 Å². The average molecular weight is 626 g/mol. The van der Waals surface area contributed by atoms with E-state index in [1.54, 1.807) is 19.4 Å². The minimum atomic E-state index is -0.506. The lowest BCUT2D eigenvalue weighted by Gasteiger charge is -2.36. The van der Waals surface area contributed by atoms with Crippen molar-refractivity contribution in [3.8, 4) is 16.3 Å². The SMILES string of the molecule is BC(B)(B)NC(=O)c1nnc(NC(=O)C2CC2)cc1Nc1cccc(-c2ncc(C(=O)N[C@H]3C[C@H]4CC[C@@H](C3)N4C)s2)c1OC. The van der Waals surface area contributed by atoms with Crippen molar-refractivity contribution in [2.45, 2.75) is 61.9 Å². The van der Waals surface area contributed by atoms with E-state index in [2.05, 4.69) is 48.4 Å². The van der Waals surface area contributed by atoms with E-state index in [1.165, 1.54) is 24.2 Å². The van der Waals surface area contributed by atoms with Crippen LogP contribution in [-0.4, -0.2) is 98.9 Å². The lowest BCUT2D eigenvalue weighted by atomic mass is 9.49. The monoisotopic (exact) mass is 626 g/mol. The molecule has 3 aromatic rings. The van der Waals surface area contributed by atoms with Gasteiger partial charge in [0.1, 0.15) is 33.4 Å². The zero-order valence-corrected chi connectivity index (χ0v) is 27.1. The molecule has 45 heavy (non-hydrogen) atoms. The van der Waals surface area contributed by atoms with E-state index >= 15 is 0 Å². The van der Waals surface area contributed by atoms with Crippen LogP contribution >= 0.6 is 11.3 Å². The van der Waals surface area contributed by atoms with Crippen molar-refractivity contribution in [1.82, 2.24) is 30.7 Å². The van der Waals surface area contributed by atoms with Crippen molar-refractivity contribution < 1.29 is 19.1 Å². The number of benzene rings is 1. The summed E-state index contributed by atoms with van der Waals surface area (Å²) in [5, 5.41) is 20.6. The molecule has 4 N–H and O–H groups in total. The number of aromatic nitrogens is 3. The first kappa shape index (κ1) is 31.1. The molecule has 1 saturated carbocycles. The number of hydrogen-bond donors (Lipinski definition) is 4. The third kappa shape index (κ3) is 7.01. The van der Waals surface area contributed by atoms with Gasteiger partial charge in [-0.25, -0.2) is 4.98 Å². The summed E-state index contributed by atoms with van der Waals surface area (Å²) in [7, 11) is 9.37. The lowest BCUT2D eigenvalue weighted by molar-refractivity contribution is -0.117. The standard InChI is InChI=1S/C29H37B3N8O4S/c1-40-16-8-9-17(40)11-15(10-16)34-26(42)21-13-33-28(45-21)18-4-3-5-19(24(18)44-2)35-20-12-22(36-25(41)14-6-7-14)38-39-23(20)27(43)37-29(30,31)32/h3-5,12-17H,6-11,30-32H2,1-2H3,(H,34,42)(H,37,43)(H2,35,36,38,41)/t15-,16+,17-. The molecular weight excluding hydrogens is 589 g/mol. The number of amides is 3. The summed E-state index contributed by atoms with van der Waals surface area (Å²) >= 11 is 1.30. The van der Waals surface area contributed by atoms with E-state index in [4.69, 9.17) is 4.74 Å². The van der Waals surface area contributed by atoms with Crippen LogP contribution in [0.3, 0.4) is 0 Å². The second kappa shape index (κ2) is 12.5. The van der Waals surface area contributed by atoms with Gasteiger partial charge in [-0.3, -0.25) is 14.4 Å². The van der Waals surface area contributed by atoms with Crippen LogP contribution in [0.5, 0.6) is 5.75 Å². The van der Waals surface area contributed by atoms with Gasteiger partial charge in [-0.1, -0.05) is 6.07 Å². The molecule has 6 rings (SSSR count). The first-order valence-electron chi connectivity index (χ1n) is 15.4. The van der Waals surface area contributed by atoms with Gasteiger partial charge in [0.05, 0.1) is 30.2 Å². The molecule has 0 radical (unpaired) electrons. The number of nitrogens with zero attached hydrogens (tertiary/aromatic N) is 4. The summed E-state index contributed by atoms with van der Waals surface area (Å²) < 4.78 is 5.84. The van der Waals surface area contributed by atoms with Crippen molar-refractivity contribution in [2.24, 2.45) is 5.92 Å². The zero-order chi connectivity index (χ0) is 31.9. The van der Waals surface area contributed by atoms with E-state index in [1.807, 2.05) is 41.7 Å². The highest BCUT2D eigenvalue weighted by molar-refractivity contribution is 7.17. The van der Waals surface area contributed by atoms with Gasteiger partial charge in [-0.15, -0.1) is 21.5 Å². The molecule has 3 atom stereocenters. The van der Waals surface area contributed by atoms with E-state index in [0.29, 0.717) is 44.7 Å². The number of methoxy groups -OCH3 is 1. The van der Waals surface area contributed by atoms with Gasteiger partial charge in [0.25, 0.3) is 11.8 Å². The number of fused-ring (bicyclic) bond motifs is 2. The summed E-state index contributed by atoms with van der Waals surface area (Å²) in [4.78, 5) is 46.4. The van der Waals surface area contributed by atoms with Gasteiger partial charge >= 0.3 is 0 Å². The Bertz CT molecular complexity index is 1610. The van der Waals surface area contributed by atoms with E-state index in [-0.39, 0.29) is 35.3 Å². The minimum absolute atomic E-state index is 0.0198. The molecule has 3 aliphatic rings. The highest BCUT2D eigenvalue weighted by Crippen LogP contribution is 2.40. The Morgan fingerprint density at radius 1 is 1.02 bits per heavy atom. The lowest BCUT2D eigenvalue weighted by Crippen LogP contribution is -2.50. The van der Waals surface area contributed by atoms with Gasteiger partial charge in [0, 0.05) is 30.1 Å². The number of ether oxygens (including phenoxy) is 1. The summed E-state index contributed by atoms with van der Waals surface area (Å²) in [6.07, 6.45) is 7.62. The molecule has 0 unspecified atom stereocenters. The second-order valence-electron chi connectivity index (χ2n) is 13.2. The number of hydrogen-bond acceptors (Lipinski definition) is 10. The number of para-hydroxylation sites is 1. The van der Waals surface area contributed by atoms with Crippen LogP contribution in [0, 0.1) is 5.92 Å². The van der Waals surface area contributed by atoms with Crippen molar-refractivity contribution in [1.29, 1.82) is 0 Å².